The van der Waals surface area contributed by atoms with E-state index < -0.39 is 0 Å². The van der Waals surface area contributed by atoms with Crippen LogP contribution in [0.4, 0.5) is 4.39 Å². The van der Waals surface area contributed by atoms with Crippen molar-refractivity contribution in [1.82, 2.24) is 9.80 Å². The molecule has 1 atom stereocenters. The largest absolute Gasteiger partial charge is 0.296 e. The first kappa shape index (κ1) is 14.3. The summed E-state index contributed by atoms with van der Waals surface area (Å²) in [6.07, 6.45) is 0. The molecule has 1 aliphatic heterocycles. The summed E-state index contributed by atoms with van der Waals surface area (Å²) in [7, 11) is 0. The Labute approximate surface area is 118 Å². The Morgan fingerprint density at radius 2 is 2.05 bits per heavy atom. The highest BCUT2D eigenvalue weighted by atomic mass is 35.5. The summed E-state index contributed by atoms with van der Waals surface area (Å²) in [5, 5.41) is 9.45. The second kappa shape index (κ2) is 6.33. The van der Waals surface area contributed by atoms with Gasteiger partial charge in [0.2, 0.25) is 0 Å². The van der Waals surface area contributed by atoms with Crippen molar-refractivity contribution in [2.75, 3.05) is 26.2 Å². The van der Waals surface area contributed by atoms with Gasteiger partial charge in [0, 0.05) is 43.3 Å². The van der Waals surface area contributed by atoms with Gasteiger partial charge in [-0.3, -0.25) is 9.80 Å². The van der Waals surface area contributed by atoms with E-state index in [2.05, 4.69) is 15.9 Å². The highest BCUT2D eigenvalue weighted by Crippen LogP contribution is 2.17. The molecule has 1 saturated heterocycles. The summed E-state index contributed by atoms with van der Waals surface area (Å²) < 4.78 is 13.6. The van der Waals surface area contributed by atoms with Gasteiger partial charge in [-0.1, -0.05) is 11.6 Å². The van der Waals surface area contributed by atoms with Crippen molar-refractivity contribution in [1.29, 1.82) is 5.26 Å². The standard InChI is InChI=1S/C14H17ClFN3/c1-11(9-17)19-6-4-18(5-7-19)10-12-8-13(15)2-3-14(12)16/h2-3,8,11H,4-7,10H2,1H3. The van der Waals surface area contributed by atoms with Gasteiger partial charge in [0.1, 0.15) is 5.82 Å². The van der Waals surface area contributed by atoms with Gasteiger partial charge in [0.05, 0.1) is 12.1 Å². The lowest BCUT2D eigenvalue weighted by atomic mass is 10.1. The molecule has 2 rings (SSSR count). The van der Waals surface area contributed by atoms with Gasteiger partial charge in [0.15, 0.2) is 0 Å². The fraction of sp³-hybridized carbons (Fsp3) is 0.500. The lowest BCUT2D eigenvalue weighted by molar-refractivity contribution is 0.113. The van der Waals surface area contributed by atoms with Crippen LogP contribution in [0.15, 0.2) is 18.2 Å². The Balaban J connectivity index is 1.92. The average Bonchev–Trinajstić information content (AvgIpc) is 2.43. The zero-order valence-corrected chi connectivity index (χ0v) is 11.7. The number of piperazine rings is 1. The summed E-state index contributed by atoms with van der Waals surface area (Å²) in [5.41, 5.74) is 0.634. The highest BCUT2D eigenvalue weighted by Gasteiger charge is 2.21. The van der Waals surface area contributed by atoms with E-state index in [1.165, 1.54) is 6.07 Å². The summed E-state index contributed by atoms with van der Waals surface area (Å²) in [6, 6.07) is 6.85. The Morgan fingerprint density at radius 1 is 1.37 bits per heavy atom. The minimum absolute atomic E-state index is 0.0509. The third-order valence-electron chi connectivity index (χ3n) is 3.54. The van der Waals surface area contributed by atoms with Crippen LogP contribution in [-0.2, 0) is 6.54 Å². The maximum absolute atomic E-state index is 13.6. The molecule has 1 unspecified atom stereocenters. The first-order valence-electron chi connectivity index (χ1n) is 6.40. The summed E-state index contributed by atoms with van der Waals surface area (Å²) in [4.78, 5) is 4.33. The van der Waals surface area contributed by atoms with Gasteiger partial charge in [-0.25, -0.2) is 4.39 Å². The van der Waals surface area contributed by atoms with Crippen molar-refractivity contribution in [2.45, 2.75) is 19.5 Å². The number of nitriles is 1. The van der Waals surface area contributed by atoms with E-state index in [9.17, 15) is 4.39 Å². The summed E-state index contributed by atoms with van der Waals surface area (Å²) in [5.74, 6) is -0.211. The van der Waals surface area contributed by atoms with Gasteiger partial charge >= 0.3 is 0 Å². The van der Waals surface area contributed by atoms with E-state index in [0.29, 0.717) is 17.1 Å². The van der Waals surface area contributed by atoms with Gasteiger partial charge in [-0.2, -0.15) is 5.26 Å². The van der Waals surface area contributed by atoms with Crippen molar-refractivity contribution in [2.24, 2.45) is 0 Å². The number of hydrogen-bond donors (Lipinski definition) is 0. The fourth-order valence-electron chi connectivity index (χ4n) is 2.30. The molecule has 0 radical (unpaired) electrons. The molecule has 0 amide bonds. The van der Waals surface area contributed by atoms with Crippen LogP contribution in [0.5, 0.6) is 0 Å². The Hall–Kier alpha value is -1.15. The van der Waals surface area contributed by atoms with Crippen LogP contribution in [0.25, 0.3) is 0 Å². The molecular formula is C14H17ClFN3. The highest BCUT2D eigenvalue weighted by molar-refractivity contribution is 6.30. The molecule has 1 heterocycles. The van der Waals surface area contributed by atoms with Gasteiger partial charge < -0.3 is 0 Å². The average molecular weight is 282 g/mol. The zero-order valence-electron chi connectivity index (χ0n) is 10.9. The molecule has 102 valence electrons. The molecule has 0 aliphatic carbocycles. The SMILES string of the molecule is CC(C#N)N1CCN(Cc2cc(Cl)ccc2F)CC1. The van der Waals surface area contributed by atoms with Crippen molar-refractivity contribution in [3.05, 3.63) is 34.6 Å². The maximum Gasteiger partial charge on any atom is 0.127 e. The molecule has 0 bridgehead atoms. The number of nitrogens with zero attached hydrogens (tertiary/aromatic N) is 3. The number of benzene rings is 1. The van der Waals surface area contributed by atoms with Crippen molar-refractivity contribution in [3.63, 3.8) is 0 Å². The van der Waals surface area contributed by atoms with Crippen molar-refractivity contribution in [3.8, 4) is 6.07 Å². The van der Waals surface area contributed by atoms with Crippen LogP contribution in [0.2, 0.25) is 5.02 Å². The van der Waals surface area contributed by atoms with Crippen LogP contribution >= 0.6 is 11.6 Å². The third-order valence-corrected chi connectivity index (χ3v) is 3.78. The normalized spacial score (nSPS) is 19.1. The molecule has 1 aromatic rings. The van der Waals surface area contributed by atoms with Crippen LogP contribution in [0.3, 0.4) is 0 Å². The molecule has 1 fully saturated rings. The smallest absolute Gasteiger partial charge is 0.127 e. The van der Waals surface area contributed by atoms with E-state index in [4.69, 9.17) is 16.9 Å². The Kier molecular flexibility index (Phi) is 4.76. The lowest BCUT2D eigenvalue weighted by Gasteiger charge is -2.35. The molecule has 0 spiro atoms. The molecule has 3 nitrogen and oxygen atoms in total. The van der Waals surface area contributed by atoms with Crippen LogP contribution in [-0.4, -0.2) is 42.0 Å². The second-order valence-corrected chi connectivity index (χ2v) is 5.29. The van der Waals surface area contributed by atoms with Gasteiger partial charge in [-0.15, -0.1) is 0 Å². The predicted octanol–water partition coefficient (Wildman–Crippen LogP) is 2.51. The first-order chi connectivity index (χ1) is 9.10. The number of halogens is 2. The molecule has 0 aromatic heterocycles. The van der Waals surface area contributed by atoms with E-state index in [-0.39, 0.29) is 11.9 Å². The predicted molar refractivity (Wildman–Crippen MR) is 73.3 cm³/mol. The third kappa shape index (κ3) is 3.66. The van der Waals surface area contributed by atoms with E-state index >= 15 is 0 Å². The molecule has 19 heavy (non-hydrogen) atoms. The lowest BCUT2D eigenvalue weighted by Crippen LogP contribution is -2.48. The monoisotopic (exact) mass is 281 g/mol. The number of rotatable bonds is 3. The quantitative estimate of drug-likeness (QED) is 0.853. The van der Waals surface area contributed by atoms with Crippen LogP contribution in [0, 0.1) is 17.1 Å². The van der Waals surface area contributed by atoms with Crippen molar-refractivity contribution < 1.29 is 4.39 Å². The maximum atomic E-state index is 13.6. The summed E-state index contributed by atoms with van der Waals surface area (Å²) >= 11 is 5.89. The minimum atomic E-state index is -0.211. The molecule has 1 aliphatic rings. The van der Waals surface area contributed by atoms with Crippen molar-refractivity contribution >= 4 is 11.6 Å². The summed E-state index contributed by atoms with van der Waals surface area (Å²) in [6.45, 7) is 5.86. The Bertz CT molecular complexity index is 478. The molecule has 0 saturated carbocycles. The van der Waals surface area contributed by atoms with Crippen LogP contribution in [0.1, 0.15) is 12.5 Å². The zero-order chi connectivity index (χ0) is 13.8. The minimum Gasteiger partial charge on any atom is -0.296 e. The van der Waals surface area contributed by atoms with Crippen LogP contribution < -0.4 is 0 Å². The first-order valence-corrected chi connectivity index (χ1v) is 6.78. The molecular weight excluding hydrogens is 265 g/mol. The number of hydrogen-bond acceptors (Lipinski definition) is 3. The van der Waals surface area contributed by atoms with Gasteiger partial charge in [0.25, 0.3) is 0 Å². The topological polar surface area (TPSA) is 30.3 Å². The molecule has 0 N–H and O–H groups in total. The fourth-order valence-corrected chi connectivity index (χ4v) is 2.49. The van der Waals surface area contributed by atoms with E-state index in [1.807, 2.05) is 6.92 Å². The molecule has 5 heteroatoms. The second-order valence-electron chi connectivity index (χ2n) is 4.85. The van der Waals surface area contributed by atoms with Gasteiger partial charge in [-0.05, 0) is 25.1 Å². The van der Waals surface area contributed by atoms with E-state index in [0.717, 1.165) is 26.2 Å². The Morgan fingerprint density at radius 3 is 2.68 bits per heavy atom. The van der Waals surface area contributed by atoms with E-state index in [1.54, 1.807) is 12.1 Å². The molecule has 1 aromatic carbocycles.